The molecular formula is C7H7NO3. The first-order valence-corrected chi connectivity index (χ1v) is 3.40. The molecule has 1 fully saturated rings. The van der Waals surface area contributed by atoms with Crippen molar-refractivity contribution < 1.29 is 14.7 Å². The van der Waals surface area contributed by atoms with Gasteiger partial charge in [-0.3, -0.25) is 14.9 Å². The molecule has 0 radical (unpaired) electrons. The van der Waals surface area contributed by atoms with Crippen LogP contribution in [0.15, 0.2) is 11.6 Å². The van der Waals surface area contributed by atoms with Gasteiger partial charge in [0, 0.05) is 0 Å². The SMILES string of the molecule is O=C1NC(=O)C2C(CO)=CC12. The molecule has 0 saturated carbocycles. The van der Waals surface area contributed by atoms with Crippen LogP contribution in [0.5, 0.6) is 0 Å². The first-order chi connectivity index (χ1) is 5.24. The van der Waals surface area contributed by atoms with Gasteiger partial charge in [-0.05, 0) is 5.57 Å². The molecule has 2 N–H and O–H groups in total. The molecule has 2 rings (SSSR count). The molecule has 1 heterocycles. The van der Waals surface area contributed by atoms with E-state index in [0.29, 0.717) is 5.57 Å². The Balaban J connectivity index is 2.28. The second-order valence-electron chi connectivity index (χ2n) is 2.76. The quantitative estimate of drug-likeness (QED) is 0.367. The summed E-state index contributed by atoms with van der Waals surface area (Å²) in [5.41, 5.74) is 0.665. The van der Waals surface area contributed by atoms with Crippen LogP contribution in [0.25, 0.3) is 0 Å². The van der Waals surface area contributed by atoms with Crippen molar-refractivity contribution in [3.63, 3.8) is 0 Å². The molecule has 4 heteroatoms. The average Bonchev–Trinajstić information content (AvgIpc) is 2.03. The summed E-state index contributed by atoms with van der Waals surface area (Å²) in [4.78, 5) is 21.8. The molecule has 2 unspecified atom stereocenters. The smallest absolute Gasteiger partial charge is 0.234 e. The van der Waals surface area contributed by atoms with Gasteiger partial charge in [-0.25, -0.2) is 0 Å². The number of imide groups is 1. The number of carbonyl (C=O) groups excluding carboxylic acids is 2. The van der Waals surface area contributed by atoms with E-state index in [-0.39, 0.29) is 30.3 Å². The number of hydrogen-bond acceptors (Lipinski definition) is 3. The summed E-state index contributed by atoms with van der Waals surface area (Å²) in [5, 5.41) is 10.9. The van der Waals surface area contributed by atoms with Crippen molar-refractivity contribution in [3.05, 3.63) is 11.6 Å². The summed E-state index contributed by atoms with van der Waals surface area (Å²) < 4.78 is 0. The monoisotopic (exact) mass is 153 g/mol. The first-order valence-electron chi connectivity index (χ1n) is 3.40. The van der Waals surface area contributed by atoms with Crippen LogP contribution in [0, 0.1) is 11.8 Å². The lowest BCUT2D eigenvalue weighted by Gasteiger charge is -2.24. The number of rotatable bonds is 1. The topological polar surface area (TPSA) is 66.4 Å². The molecule has 1 aliphatic carbocycles. The van der Waals surface area contributed by atoms with Crippen molar-refractivity contribution in [2.24, 2.45) is 11.8 Å². The van der Waals surface area contributed by atoms with E-state index in [1.807, 2.05) is 0 Å². The molecule has 0 bridgehead atoms. The number of amides is 2. The lowest BCUT2D eigenvalue weighted by Crippen LogP contribution is -2.29. The number of fused-ring (bicyclic) bond motifs is 1. The van der Waals surface area contributed by atoms with Gasteiger partial charge < -0.3 is 5.11 Å². The average molecular weight is 153 g/mol. The Morgan fingerprint density at radius 1 is 1.45 bits per heavy atom. The van der Waals surface area contributed by atoms with Crippen LogP contribution in [0.2, 0.25) is 0 Å². The van der Waals surface area contributed by atoms with Crippen molar-refractivity contribution in [1.82, 2.24) is 5.32 Å². The Morgan fingerprint density at radius 3 is 2.73 bits per heavy atom. The van der Waals surface area contributed by atoms with Gasteiger partial charge in [0.25, 0.3) is 0 Å². The Bertz CT molecular complexity index is 269. The molecule has 2 aliphatic rings. The van der Waals surface area contributed by atoms with Gasteiger partial charge in [0.1, 0.15) is 0 Å². The van der Waals surface area contributed by atoms with E-state index in [9.17, 15) is 9.59 Å². The standard InChI is InChI=1S/C7H7NO3/c9-2-3-1-4-5(3)7(11)8-6(4)10/h1,4-5,9H,2H2,(H,8,10,11). The predicted octanol–water partition coefficient (Wildman–Crippen LogP) is -1.19. The number of aliphatic hydroxyl groups excluding tert-OH is 1. The zero-order valence-corrected chi connectivity index (χ0v) is 5.70. The van der Waals surface area contributed by atoms with Crippen LogP contribution in [0.1, 0.15) is 0 Å². The normalized spacial score (nSPS) is 34.1. The molecule has 58 valence electrons. The van der Waals surface area contributed by atoms with Gasteiger partial charge in [0.05, 0.1) is 18.4 Å². The maximum Gasteiger partial charge on any atom is 0.234 e. The summed E-state index contributed by atoms with van der Waals surface area (Å²) in [6.07, 6.45) is 1.64. The van der Waals surface area contributed by atoms with E-state index < -0.39 is 0 Å². The minimum absolute atomic E-state index is 0.123. The maximum absolute atomic E-state index is 10.9. The Kier molecular flexibility index (Phi) is 1.14. The van der Waals surface area contributed by atoms with E-state index in [1.165, 1.54) is 0 Å². The van der Waals surface area contributed by atoms with Crippen molar-refractivity contribution in [2.45, 2.75) is 0 Å². The fourth-order valence-electron chi connectivity index (χ4n) is 1.53. The van der Waals surface area contributed by atoms with Crippen molar-refractivity contribution in [1.29, 1.82) is 0 Å². The molecule has 4 nitrogen and oxygen atoms in total. The highest BCUT2D eigenvalue weighted by Gasteiger charge is 2.48. The highest BCUT2D eigenvalue weighted by Crippen LogP contribution is 2.37. The van der Waals surface area contributed by atoms with Crippen LogP contribution in [-0.2, 0) is 9.59 Å². The number of nitrogens with one attached hydrogen (secondary N) is 1. The van der Waals surface area contributed by atoms with Crippen LogP contribution >= 0.6 is 0 Å². The molecule has 1 aliphatic heterocycles. The van der Waals surface area contributed by atoms with Crippen molar-refractivity contribution >= 4 is 11.8 Å². The molecule has 11 heavy (non-hydrogen) atoms. The summed E-state index contributed by atoms with van der Waals surface area (Å²) in [6, 6.07) is 0. The van der Waals surface area contributed by atoms with Crippen LogP contribution in [0.3, 0.4) is 0 Å². The number of carbonyl (C=O) groups is 2. The Labute approximate surface area is 62.9 Å². The molecule has 0 spiro atoms. The second kappa shape index (κ2) is 1.92. The fourth-order valence-corrected chi connectivity index (χ4v) is 1.53. The first kappa shape index (κ1) is 6.54. The van der Waals surface area contributed by atoms with E-state index in [2.05, 4.69) is 5.32 Å². The van der Waals surface area contributed by atoms with E-state index in [0.717, 1.165) is 0 Å². The van der Waals surface area contributed by atoms with Gasteiger partial charge in [-0.2, -0.15) is 0 Å². The third-order valence-corrected chi connectivity index (χ3v) is 2.17. The van der Waals surface area contributed by atoms with Gasteiger partial charge in [0.2, 0.25) is 11.8 Å². The summed E-state index contributed by atoms with van der Waals surface area (Å²) in [5.74, 6) is -1.18. The van der Waals surface area contributed by atoms with Gasteiger partial charge in [-0.1, -0.05) is 6.08 Å². The third-order valence-electron chi connectivity index (χ3n) is 2.17. The van der Waals surface area contributed by atoms with E-state index >= 15 is 0 Å². The highest BCUT2D eigenvalue weighted by molar-refractivity contribution is 6.09. The van der Waals surface area contributed by atoms with Crippen LogP contribution < -0.4 is 5.32 Å². The Morgan fingerprint density at radius 2 is 2.18 bits per heavy atom. The van der Waals surface area contributed by atoms with Crippen LogP contribution in [0.4, 0.5) is 0 Å². The third kappa shape index (κ3) is 0.670. The largest absolute Gasteiger partial charge is 0.392 e. The molecule has 0 aromatic heterocycles. The summed E-state index contributed by atoms with van der Waals surface area (Å²) in [7, 11) is 0. The fraction of sp³-hybridized carbons (Fsp3) is 0.429. The molecule has 2 amide bonds. The molecule has 0 aromatic carbocycles. The van der Waals surface area contributed by atoms with Crippen molar-refractivity contribution in [3.8, 4) is 0 Å². The number of aliphatic hydroxyl groups is 1. The summed E-state index contributed by atoms with van der Waals surface area (Å²) in [6.45, 7) is -0.123. The van der Waals surface area contributed by atoms with Crippen LogP contribution in [-0.4, -0.2) is 23.5 Å². The van der Waals surface area contributed by atoms with Gasteiger partial charge >= 0.3 is 0 Å². The second-order valence-corrected chi connectivity index (χ2v) is 2.76. The van der Waals surface area contributed by atoms with Crippen molar-refractivity contribution in [2.75, 3.05) is 6.61 Å². The van der Waals surface area contributed by atoms with Gasteiger partial charge in [-0.15, -0.1) is 0 Å². The lowest BCUT2D eigenvalue weighted by molar-refractivity contribution is -0.125. The van der Waals surface area contributed by atoms with E-state index in [4.69, 9.17) is 5.11 Å². The Hall–Kier alpha value is -1.16. The summed E-state index contributed by atoms with van der Waals surface area (Å²) >= 11 is 0. The van der Waals surface area contributed by atoms with Gasteiger partial charge in [0.15, 0.2) is 0 Å². The zero-order valence-electron chi connectivity index (χ0n) is 5.70. The number of hydrogen-bond donors (Lipinski definition) is 2. The minimum atomic E-state index is -0.368. The van der Waals surface area contributed by atoms with E-state index in [1.54, 1.807) is 6.08 Å². The molecule has 1 saturated heterocycles. The lowest BCUT2D eigenvalue weighted by atomic mass is 9.77. The highest BCUT2D eigenvalue weighted by atomic mass is 16.3. The maximum atomic E-state index is 10.9. The predicted molar refractivity (Wildman–Crippen MR) is 35.3 cm³/mol. The molecule has 2 atom stereocenters. The minimum Gasteiger partial charge on any atom is -0.392 e. The molecular weight excluding hydrogens is 146 g/mol. The zero-order chi connectivity index (χ0) is 8.01. The molecule has 0 aromatic rings.